The fourth-order valence-electron chi connectivity index (χ4n) is 3.62. The van der Waals surface area contributed by atoms with Gasteiger partial charge < -0.3 is 19.9 Å². The van der Waals surface area contributed by atoms with Crippen molar-refractivity contribution in [2.24, 2.45) is 5.92 Å². The van der Waals surface area contributed by atoms with Gasteiger partial charge in [-0.3, -0.25) is 0 Å². The molecular formula is C19H28ClN3O2. The molecule has 1 aromatic rings. The van der Waals surface area contributed by atoms with Crippen molar-refractivity contribution < 1.29 is 9.53 Å². The van der Waals surface area contributed by atoms with Gasteiger partial charge in [0, 0.05) is 44.0 Å². The highest BCUT2D eigenvalue weighted by Crippen LogP contribution is 2.22. The van der Waals surface area contributed by atoms with E-state index >= 15 is 0 Å². The Labute approximate surface area is 155 Å². The molecule has 3 rings (SSSR count). The summed E-state index contributed by atoms with van der Waals surface area (Å²) in [5, 5.41) is 3.80. The summed E-state index contributed by atoms with van der Waals surface area (Å²) >= 11 is 5.99. The Kier molecular flexibility index (Phi) is 6.43. The SMILES string of the molecule is CCN1CC[C@@H](CNC(=O)N2CCC(Oc3cccc(Cl)c3)CC2)C1. The summed E-state index contributed by atoms with van der Waals surface area (Å²) < 4.78 is 5.98. The molecule has 2 saturated heterocycles. The van der Waals surface area contributed by atoms with E-state index in [4.69, 9.17) is 16.3 Å². The number of likely N-dealkylation sites (tertiary alicyclic amines) is 2. The van der Waals surface area contributed by atoms with Crippen molar-refractivity contribution in [3.05, 3.63) is 29.3 Å². The maximum Gasteiger partial charge on any atom is 0.317 e. The molecular weight excluding hydrogens is 338 g/mol. The maximum absolute atomic E-state index is 12.4. The van der Waals surface area contributed by atoms with Crippen molar-refractivity contribution in [1.29, 1.82) is 0 Å². The average molecular weight is 366 g/mol. The second kappa shape index (κ2) is 8.77. The number of rotatable bonds is 5. The summed E-state index contributed by atoms with van der Waals surface area (Å²) in [6.07, 6.45) is 3.04. The molecule has 0 bridgehead atoms. The van der Waals surface area contributed by atoms with E-state index in [0.717, 1.165) is 57.9 Å². The minimum absolute atomic E-state index is 0.0659. The molecule has 0 aromatic heterocycles. The summed E-state index contributed by atoms with van der Waals surface area (Å²) in [5.41, 5.74) is 0. The van der Waals surface area contributed by atoms with Crippen molar-refractivity contribution in [3.8, 4) is 5.75 Å². The van der Waals surface area contributed by atoms with E-state index in [-0.39, 0.29) is 12.1 Å². The topological polar surface area (TPSA) is 44.8 Å². The number of carbonyl (C=O) groups excluding carboxylic acids is 1. The van der Waals surface area contributed by atoms with Gasteiger partial charge in [0.2, 0.25) is 0 Å². The zero-order chi connectivity index (χ0) is 17.6. The number of amides is 2. The quantitative estimate of drug-likeness (QED) is 0.871. The van der Waals surface area contributed by atoms with Crippen LogP contribution in [0.5, 0.6) is 5.75 Å². The molecule has 0 spiro atoms. The van der Waals surface area contributed by atoms with Crippen molar-refractivity contribution in [2.45, 2.75) is 32.3 Å². The highest BCUT2D eigenvalue weighted by atomic mass is 35.5. The number of ether oxygens (including phenoxy) is 1. The second-order valence-electron chi connectivity index (χ2n) is 7.00. The van der Waals surface area contributed by atoms with Crippen LogP contribution in [0, 0.1) is 5.92 Å². The first kappa shape index (κ1) is 18.3. The fourth-order valence-corrected chi connectivity index (χ4v) is 3.80. The Balaban J connectivity index is 1.37. The molecule has 0 radical (unpaired) electrons. The Hall–Kier alpha value is -1.46. The number of hydrogen-bond acceptors (Lipinski definition) is 3. The van der Waals surface area contributed by atoms with Crippen molar-refractivity contribution >= 4 is 17.6 Å². The van der Waals surface area contributed by atoms with Crippen LogP contribution in [0.3, 0.4) is 0 Å². The van der Waals surface area contributed by atoms with E-state index in [2.05, 4.69) is 17.1 Å². The molecule has 0 aliphatic carbocycles. The highest BCUT2D eigenvalue weighted by Gasteiger charge is 2.26. The van der Waals surface area contributed by atoms with Crippen LogP contribution in [0.15, 0.2) is 24.3 Å². The van der Waals surface area contributed by atoms with Crippen molar-refractivity contribution in [2.75, 3.05) is 39.3 Å². The monoisotopic (exact) mass is 365 g/mol. The van der Waals surface area contributed by atoms with Gasteiger partial charge in [-0.25, -0.2) is 4.79 Å². The number of carbonyl (C=O) groups is 1. The minimum atomic E-state index is 0.0659. The molecule has 5 nitrogen and oxygen atoms in total. The first-order valence-electron chi connectivity index (χ1n) is 9.31. The van der Waals surface area contributed by atoms with Gasteiger partial charge in [0.05, 0.1) is 0 Å². The van der Waals surface area contributed by atoms with Crippen LogP contribution in [-0.2, 0) is 0 Å². The number of halogens is 1. The standard InChI is InChI=1S/C19H28ClN3O2/c1-2-22-9-6-15(14-22)13-21-19(24)23-10-7-17(8-11-23)25-18-5-3-4-16(20)12-18/h3-5,12,15,17H,2,6-11,13-14H2,1H3,(H,21,24)/t15-/m0/s1. The Morgan fingerprint density at radius 1 is 1.28 bits per heavy atom. The summed E-state index contributed by atoms with van der Waals surface area (Å²) in [5.74, 6) is 1.39. The molecule has 2 aliphatic rings. The van der Waals surface area contributed by atoms with Crippen molar-refractivity contribution in [1.82, 2.24) is 15.1 Å². The van der Waals surface area contributed by atoms with E-state index in [1.165, 1.54) is 6.42 Å². The van der Waals surface area contributed by atoms with Gasteiger partial charge in [0.25, 0.3) is 0 Å². The maximum atomic E-state index is 12.4. The van der Waals surface area contributed by atoms with Gasteiger partial charge >= 0.3 is 6.03 Å². The largest absolute Gasteiger partial charge is 0.490 e. The number of nitrogens with zero attached hydrogens (tertiary/aromatic N) is 2. The second-order valence-corrected chi connectivity index (χ2v) is 7.43. The molecule has 25 heavy (non-hydrogen) atoms. The Bertz CT molecular complexity index is 576. The lowest BCUT2D eigenvalue weighted by Crippen LogP contribution is -2.47. The average Bonchev–Trinajstić information content (AvgIpc) is 3.08. The van der Waals surface area contributed by atoms with Gasteiger partial charge in [-0.05, 0) is 43.6 Å². The van der Waals surface area contributed by atoms with E-state index in [9.17, 15) is 4.79 Å². The Morgan fingerprint density at radius 3 is 2.76 bits per heavy atom. The molecule has 0 unspecified atom stereocenters. The molecule has 1 aromatic carbocycles. The van der Waals surface area contributed by atoms with Crippen molar-refractivity contribution in [3.63, 3.8) is 0 Å². The lowest BCUT2D eigenvalue weighted by Gasteiger charge is -2.32. The molecule has 2 amide bonds. The fraction of sp³-hybridized carbons (Fsp3) is 0.632. The normalized spacial score (nSPS) is 22.2. The number of hydrogen-bond donors (Lipinski definition) is 1. The lowest BCUT2D eigenvalue weighted by atomic mass is 10.1. The molecule has 2 aliphatic heterocycles. The minimum Gasteiger partial charge on any atom is -0.490 e. The molecule has 6 heteroatoms. The van der Waals surface area contributed by atoms with Gasteiger partial charge in [-0.15, -0.1) is 0 Å². The lowest BCUT2D eigenvalue weighted by molar-refractivity contribution is 0.110. The summed E-state index contributed by atoms with van der Waals surface area (Å²) in [7, 11) is 0. The van der Waals surface area contributed by atoms with Crippen LogP contribution in [0.2, 0.25) is 5.02 Å². The highest BCUT2D eigenvalue weighted by molar-refractivity contribution is 6.30. The van der Waals surface area contributed by atoms with Crippen LogP contribution < -0.4 is 10.1 Å². The van der Waals surface area contributed by atoms with E-state index in [1.807, 2.05) is 29.2 Å². The van der Waals surface area contributed by atoms with Gasteiger partial charge in [0.1, 0.15) is 11.9 Å². The van der Waals surface area contributed by atoms with E-state index < -0.39 is 0 Å². The predicted octanol–water partition coefficient (Wildman–Crippen LogP) is 3.23. The van der Waals surface area contributed by atoms with Gasteiger partial charge in [-0.2, -0.15) is 0 Å². The Morgan fingerprint density at radius 2 is 2.08 bits per heavy atom. The van der Waals surface area contributed by atoms with Crippen LogP contribution in [-0.4, -0.2) is 61.2 Å². The summed E-state index contributed by atoms with van der Waals surface area (Å²) in [4.78, 5) is 16.7. The smallest absolute Gasteiger partial charge is 0.317 e. The predicted molar refractivity (Wildman–Crippen MR) is 100 cm³/mol. The van der Waals surface area contributed by atoms with Crippen LogP contribution >= 0.6 is 11.6 Å². The summed E-state index contributed by atoms with van der Waals surface area (Å²) in [6.45, 7) is 7.82. The van der Waals surface area contributed by atoms with Gasteiger partial charge in [0.15, 0.2) is 0 Å². The number of urea groups is 1. The number of nitrogens with one attached hydrogen (secondary N) is 1. The molecule has 1 N–H and O–H groups in total. The zero-order valence-corrected chi connectivity index (χ0v) is 15.7. The first-order valence-corrected chi connectivity index (χ1v) is 9.69. The van der Waals surface area contributed by atoms with E-state index in [1.54, 1.807) is 0 Å². The third-order valence-corrected chi connectivity index (χ3v) is 5.42. The molecule has 138 valence electrons. The van der Waals surface area contributed by atoms with Crippen LogP contribution in [0.1, 0.15) is 26.2 Å². The molecule has 2 heterocycles. The molecule has 0 saturated carbocycles. The van der Waals surface area contributed by atoms with Crippen LogP contribution in [0.25, 0.3) is 0 Å². The molecule has 1 atom stereocenters. The van der Waals surface area contributed by atoms with Crippen LogP contribution in [0.4, 0.5) is 4.79 Å². The zero-order valence-electron chi connectivity index (χ0n) is 14.9. The number of benzene rings is 1. The van der Waals surface area contributed by atoms with Gasteiger partial charge in [-0.1, -0.05) is 24.6 Å². The summed E-state index contributed by atoms with van der Waals surface area (Å²) in [6, 6.07) is 7.55. The first-order chi connectivity index (χ1) is 12.1. The third-order valence-electron chi connectivity index (χ3n) is 5.19. The molecule has 2 fully saturated rings. The number of piperidine rings is 1. The third kappa shape index (κ3) is 5.25. The van der Waals surface area contributed by atoms with E-state index in [0.29, 0.717) is 10.9 Å².